The zero-order chi connectivity index (χ0) is 18.1. The van der Waals surface area contributed by atoms with Gasteiger partial charge < -0.3 is 10.0 Å². The van der Waals surface area contributed by atoms with Crippen LogP contribution in [0.5, 0.6) is 0 Å². The highest BCUT2D eigenvalue weighted by Gasteiger charge is 2.42. The lowest BCUT2D eigenvalue weighted by Gasteiger charge is -2.26. The van der Waals surface area contributed by atoms with Crippen molar-refractivity contribution in [1.29, 1.82) is 0 Å². The summed E-state index contributed by atoms with van der Waals surface area (Å²) < 4.78 is 13.3. The molecular formula is C20H18FNO3. The van der Waals surface area contributed by atoms with Crippen molar-refractivity contribution in [3.8, 4) is 0 Å². The number of benzene rings is 2. The summed E-state index contributed by atoms with van der Waals surface area (Å²) in [5.41, 5.74) is 2.60. The number of rotatable bonds is 4. The molecule has 1 unspecified atom stereocenters. The third-order valence-corrected chi connectivity index (χ3v) is 4.34. The van der Waals surface area contributed by atoms with Gasteiger partial charge in [0.05, 0.1) is 11.6 Å². The smallest absolute Gasteiger partial charge is 0.290 e. The van der Waals surface area contributed by atoms with Crippen LogP contribution in [-0.4, -0.2) is 21.7 Å². The first-order chi connectivity index (χ1) is 11.9. The second-order valence-corrected chi connectivity index (χ2v) is 6.19. The van der Waals surface area contributed by atoms with Gasteiger partial charge in [0.15, 0.2) is 11.5 Å². The highest BCUT2D eigenvalue weighted by Crippen LogP contribution is 2.38. The van der Waals surface area contributed by atoms with E-state index in [0.29, 0.717) is 5.56 Å². The van der Waals surface area contributed by atoms with Crippen molar-refractivity contribution in [2.75, 3.05) is 0 Å². The summed E-state index contributed by atoms with van der Waals surface area (Å²) in [5, 5.41) is 10.2. The summed E-state index contributed by atoms with van der Waals surface area (Å²) in [6.45, 7) is 3.51. The number of halogens is 1. The fourth-order valence-electron chi connectivity index (χ4n) is 3.06. The predicted octanol–water partition coefficient (Wildman–Crippen LogP) is 3.62. The number of aryl methyl sites for hydroxylation is 1. The minimum absolute atomic E-state index is 0.0451. The van der Waals surface area contributed by atoms with Gasteiger partial charge in [-0.05, 0) is 37.1 Å². The zero-order valence-electron chi connectivity index (χ0n) is 14.0. The van der Waals surface area contributed by atoms with Crippen molar-refractivity contribution in [2.24, 2.45) is 0 Å². The molecule has 1 heterocycles. The molecule has 1 atom stereocenters. The van der Waals surface area contributed by atoms with Crippen molar-refractivity contribution in [2.45, 2.75) is 26.4 Å². The standard InChI is InChI=1S/C20H18FNO3/c1-12-3-5-14(6-4-12)11-22-18(15-7-9-16(21)10-8-15)17(13(2)23)19(24)20(22)25/h3-10,18,24H,11H2,1-2H3. The van der Waals surface area contributed by atoms with Crippen LogP contribution in [0.25, 0.3) is 0 Å². The summed E-state index contributed by atoms with van der Waals surface area (Å²) in [4.78, 5) is 26.0. The molecule has 5 heteroatoms. The van der Waals surface area contributed by atoms with Crippen LogP contribution in [0.15, 0.2) is 59.9 Å². The van der Waals surface area contributed by atoms with Gasteiger partial charge in [0.25, 0.3) is 5.91 Å². The summed E-state index contributed by atoms with van der Waals surface area (Å²) in [7, 11) is 0. The van der Waals surface area contributed by atoms with E-state index in [2.05, 4.69) is 0 Å². The number of carbonyl (C=O) groups excluding carboxylic acids is 2. The second kappa shape index (κ2) is 6.51. The average molecular weight is 339 g/mol. The average Bonchev–Trinajstić information content (AvgIpc) is 2.82. The quantitative estimate of drug-likeness (QED) is 0.925. The maximum atomic E-state index is 13.3. The van der Waals surface area contributed by atoms with Gasteiger partial charge in [-0.3, -0.25) is 9.59 Å². The maximum absolute atomic E-state index is 13.3. The molecule has 128 valence electrons. The van der Waals surface area contributed by atoms with Gasteiger partial charge in [-0.15, -0.1) is 0 Å². The third kappa shape index (κ3) is 3.18. The number of aliphatic hydroxyl groups is 1. The van der Waals surface area contributed by atoms with Crippen molar-refractivity contribution < 1.29 is 19.1 Å². The topological polar surface area (TPSA) is 57.6 Å². The number of ketones is 1. The fourth-order valence-corrected chi connectivity index (χ4v) is 3.06. The van der Waals surface area contributed by atoms with E-state index >= 15 is 0 Å². The van der Waals surface area contributed by atoms with Gasteiger partial charge in [0.1, 0.15) is 5.82 Å². The summed E-state index contributed by atoms with van der Waals surface area (Å²) in [5.74, 6) is -1.92. The van der Waals surface area contributed by atoms with Gasteiger partial charge in [-0.25, -0.2) is 4.39 Å². The maximum Gasteiger partial charge on any atom is 0.290 e. The van der Waals surface area contributed by atoms with E-state index in [1.165, 1.54) is 36.1 Å². The molecule has 1 aliphatic heterocycles. The van der Waals surface area contributed by atoms with Crippen LogP contribution in [0.1, 0.15) is 29.7 Å². The van der Waals surface area contributed by atoms with Crippen molar-refractivity contribution >= 4 is 11.7 Å². The number of nitrogens with zero attached hydrogens (tertiary/aromatic N) is 1. The molecule has 0 radical (unpaired) electrons. The lowest BCUT2D eigenvalue weighted by molar-refractivity contribution is -0.130. The minimum Gasteiger partial charge on any atom is -0.503 e. The Morgan fingerprint density at radius 3 is 2.28 bits per heavy atom. The monoisotopic (exact) mass is 339 g/mol. The molecule has 4 nitrogen and oxygen atoms in total. The Kier molecular flexibility index (Phi) is 4.40. The Balaban J connectivity index is 2.03. The lowest BCUT2D eigenvalue weighted by atomic mass is 9.96. The molecule has 0 fully saturated rings. The largest absolute Gasteiger partial charge is 0.503 e. The van der Waals surface area contributed by atoms with Gasteiger partial charge in [-0.1, -0.05) is 42.0 Å². The summed E-state index contributed by atoms with van der Waals surface area (Å²) in [6, 6.07) is 12.5. The number of aliphatic hydroxyl groups excluding tert-OH is 1. The number of Topliss-reactive ketones (excluding diaryl/α,β-unsaturated/α-hetero) is 1. The molecule has 3 rings (SSSR count). The second-order valence-electron chi connectivity index (χ2n) is 6.19. The molecule has 1 aliphatic rings. The normalized spacial score (nSPS) is 17.3. The van der Waals surface area contributed by atoms with Gasteiger partial charge in [0, 0.05) is 6.54 Å². The highest BCUT2D eigenvalue weighted by molar-refractivity contribution is 6.08. The first-order valence-corrected chi connectivity index (χ1v) is 7.94. The lowest BCUT2D eigenvalue weighted by Crippen LogP contribution is -2.30. The SMILES string of the molecule is CC(=O)C1=C(O)C(=O)N(Cc2ccc(C)cc2)C1c1ccc(F)cc1. The van der Waals surface area contributed by atoms with Gasteiger partial charge in [0.2, 0.25) is 0 Å². The van der Waals surface area contributed by atoms with Crippen molar-refractivity contribution in [3.05, 3.63) is 82.4 Å². The number of hydrogen-bond acceptors (Lipinski definition) is 3. The van der Waals surface area contributed by atoms with Crippen LogP contribution in [0.4, 0.5) is 4.39 Å². The molecule has 1 amide bonds. The molecule has 0 saturated heterocycles. The van der Waals surface area contributed by atoms with E-state index < -0.39 is 23.5 Å². The van der Waals surface area contributed by atoms with Crippen molar-refractivity contribution in [3.63, 3.8) is 0 Å². The Hall–Kier alpha value is -2.95. The fraction of sp³-hybridized carbons (Fsp3) is 0.200. The Bertz CT molecular complexity index is 854. The van der Waals surface area contributed by atoms with Crippen LogP contribution in [0, 0.1) is 12.7 Å². The molecule has 0 saturated carbocycles. The Labute approximate surface area is 145 Å². The molecule has 2 aromatic rings. The summed E-state index contributed by atoms with van der Waals surface area (Å²) in [6.07, 6.45) is 0. The predicted molar refractivity (Wildman–Crippen MR) is 91.2 cm³/mol. The number of carbonyl (C=O) groups is 2. The highest BCUT2D eigenvalue weighted by atomic mass is 19.1. The molecule has 0 bridgehead atoms. The van der Waals surface area contributed by atoms with E-state index in [1.807, 2.05) is 31.2 Å². The van der Waals surface area contributed by atoms with Gasteiger partial charge in [-0.2, -0.15) is 0 Å². The first-order valence-electron chi connectivity index (χ1n) is 7.94. The number of hydrogen-bond donors (Lipinski definition) is 1. The van der Waals surface area contributed by atoms with Crippen LogP contribution in [0.2, 0.25) is 0 Å². The molecule has 0 aliphatic carbocycles. The minimum atomic E-state index is -0.730. The van der Waals surface area contributed by atoms with Crippen LogP contribution in [-0.2, 0) is 16.1 Å². The van der Waals surface area contributed by atoms with Crippen LogP contribution < -0.4 is 0 Å². The molecule has 1 N–H and O–H groups in total. The van der Waals surface area contributed by atoms with E-state index in [9.17, 15) is 19.1 Å². The van der Waals surface area contributed by atoms with E-state index in [4.69, 9.17) is 0 Å². The molecule has 0 spiro atoms. The van der Waals surface area contributed by atoms with Crippen LogP contribution in [0.3, 0.4) is 0 Å². The van der Waals surface area contributed by atoms with Crippen molar-refractivity contribution in [1.82, 2.24) is 4.90 Å². The molecule has 2 aromatic carbocycles. The first kappa shape index (κ1) is 16.9. The summed E-state index contributed by atoms with van der Waals surface area (Å²) >= 11 is 0. The van der Waals surface area contributed by atoms with E-state index in [-0.39, 0.29) is 17.9 Å². The molecule has 0 aromatic heterocycles. The third-order valence-electron chi connectivity index (χ3n) is 4.34. The Morgan fingerprint density at radius 1 is 1.12 bits per heavy atom. The van der Waals surface area contributed by atoms with E-state index in [0.717, 1.165) is 11.1 Å². The zero-order valence-corrected chi connectivity index (χ0v) is 14.0. The Morgan fingerprint density at radius 2 is 1.72 bits per heavy atom. The van der Waals surface area contributed by atoms with Crippen LogP contribution >= 0.6 is 0 Å². The van der Waals surface area contributed by atoms with E-state index in [1.54, 1.807) is 0 Å². The van der Waals surface area contributed by atoms with Gasteiger partial charge >= 0.3 is 0 Å². The molecule has 25 heavy (non-hydrogen) atoms. The molecular weight excluding hydrogens is 321 g/mol. The number of amides is 1.